The fraction of sp³-hybridized carbons (Fsp3) is 0.333. The second kappa shape index (κ2) is 6.87. The van der Waals surface area contributed by atoms with Gasteiger partial charge in [-0.2, -0.15) is 5.26 Å². The highest BCUT2D eigenvalue weighted by atomic mass is 32.2. The first-order valence-corrected chi connectivity index (χ1v) is 7.36. The largest absolute Gasteiger partial charge is 0.395 e. The van der Waals surface area contributed by atoms with E-state index in [2.05, 4.69) is 5.32 Å². The molecule has 0 fully saturated rings. The fourth-order valence-corrected chi connectivity index (χ4v) is 2.55. The van der Waals surface area contributed by atoms with E-state index in [1.807, 2.05) is 0 Å². The van der Waals surface area contributed by atoms with E-state index in [4.69, 9.17) is 10.4 Å². The van der Waals surface area contributed by atoms with Gasteiger partial charge in [-0.1, -0.05) is 12.1 Å². The SMILES string of the molecule is N#CCC(=O)Nc1ccc(CS(=O)(=O)CCO)cc1. The number of amides is 1. The summed E-state index contributed by atoms with van der Waals surface area (Å²) < 4.78 is 23.0. The van der Waals surface area contributed by atoms with E-state index in [1.165, 1.54) is 0 Å². The molecule has 0 aliphatic heterocycles. The molecule has 1 aromatic carbocycles. The molecule has 7 heteroatoms. The molecule has 0 aliphatic rings. The summed E-state index contributed by atoms with van der Waals surface area (Å²) in [4.78, 5) is 11.2. The van der Waals surface area contributed by atoms with E-state index in [0.29, 0.717) is 11.3 Å². The average Bonchev–Trinajstić information content (AvgIpc) is 2.31. The number of nitriles is 1. The van der Waals surface area contributed by atoms with Crippen LogP contribution in [-0.2, 0) is 20.4 Å². The van der Waals surface area contributed by atoms with Crippen LogP contribution in [0.4, 0.5) is 5.69 Å². The maximum atomic E-state index is 11.5. The minimum Gasteiger partial charge on any atom is -0.395 e. The van der Waals surface area contributed by atoms with E-state index >= 15 is 0 Å². The number of sulfone groups is 1. The highest BCUT2D eigenvalue weighted by Crippen LogP contribution is 2.12. The predicted molar refractivity (Wildman–Crippen MR) is 69.9 cm³/mol. The molecule has 1 aromatic rings. The van der Waals surface area contributed by atoms with Crippen LogP contribution >= 0.6 is 0 Å². The first-order chi connectivity index (χ1) is 8.96. The molecule has 0 atom stereocenters. The minimum absolute atomic E-state index is 0.153. The lowest BCUT2D eigenvalue weighted by molar-refractivity contribution is -0.115. The van der Waals surface area contributed by atoms with Gasteiger partial charge < -0.3 is 10.4 Å². The van der Waals surface area contributed by atoms with Crippen LogP contribution < -0.4 is 5.32 Å². The number of carbonyl (C=O) groups is 1. The smallest absolute Gasteiger partial charge is 0.238 e. The number of benzene rings is 1. The Kier molecular flexibility index (Phi) is 5.48. The van der Waals surface area contributed by atoms with Crippen LogP contribution in [0.5, 0.6) is 0 Å². The van der Waals surface area contributed by atoms with E-state index < -0.39 is 22.4 Å². The minimum atomic E-state index is -3.31. The van der Waals surface area contributed by atoms with Gasteiger partial charge in [-0.25, -0.2) is 8.42 Å². The molecule has 0 saturated heterocycles. The number of aliphatic hydroxyl groups is 1. The molecular weight excluding hydrogens is 268 g/mol. The van der Waals surface area contributed by atoms with Gasteiger partial charge in [0, 0.05) is 5.69 Å². The van der Waals surface area contributed by atoms with Crippen molar-refractivity contribution in [2.24, 2.45) is 0 Å². The molecule has 1 amide bonds. The summed E-state index contributed by atoms with van der Waals surface area (Å²) in [7, 11) is -3.31. The Bertz CT molecular complexity index is 573. The van der Waals surface area contributed by atoms with Gasteiger partial charge in [0.05, 0.1) is 24.2 Å². The van der Waals surface area contributed by atoms with Crippen molar-refractivity contribution in [1.82, 2.24) is 0 Å². The third-order valence-electron chi connectivity index (χ3n) is 2.27. The molecule has 19 heavy (non-hydrogen) atoms. The molecule has 0 unspecified atom stereocenters. The number of anilines is 1. The van der Waals surface area contributed by atoms with E-state index in [1.54, 1.807) is 30.3 Å². The topological polar surface area (TPSA) is 107 Å². The van der Waals surface area contributed by atoms with Crippen molar-refractivity contribution in [2.45, 2.75) is 12.2 Å². The number of rotatable bonds is 6. The Labute approximate surface area is 111 Å². The number of nitrogens with zero attached hydrogens (tertiary/aromatic N) is 1. The van der Waals surface area contributed by atoms with Crippen LogP contribution in [0.1, 0.15) is 12.0 Å². The second-order valence-electron chi connectivity index (χ2n) is 3.90. The summed E-state index contributed by atoms with van der Waals surface area (Å²) in [6.07, 6.45) is -0.230. The summed E-state index contributed by atoms with van der Waals surface area (Å²) in [5, 5.41) is 19.5. The van der Waals surface area contributed by atoms with E-state index in [-0.39, 0.29) is 17.9 Å². The predicted octanol–water partition coefficient (Wildman–Crippen LogP) is 0.446. The van der Waals surface area contributed by atoms with E-state index in [9.17, 15) is 13.2 Å². The number of carbonyl (C=O) groups excluding carboxylic acids is 1. The molecule has 0 bridgehead atoms. The van der Waals surface area contributed by atoms with Crippen molar-refractivity contribution in [3.8, 4) is 6.07 Å². The zero-order valence-electron chi connectivity index (χ0n) is 10.2. The lowest BCUT2D eigenvalue weighted by Gasteiger charge is -2.05. The molecule has 0 aromatic heterocycles. The van der Waals surface area contributed by atoms with Crippen LogP contribution in [-0.4, -0.2) is 31.8 Å². The Balaban J connectivity index is 2.67. The molecule has 6 nitrogen and oxygen atoms in total. The van der Waals surface area contributed by atoms with Crippen molar-refractivity contribution in [2.75, 3.05) is 17.7 Å². The molecule has 0 spiro atoms. The van der Waals surface area contributed by atoms with Crippen LogP contribution in [0.25, 0.3) is 0 Å². The Hall–Kier alpha value is -1.91. The third kappa shape index (κ3) is 5.50. The average molecular weight is 282 g/mol. The third-order valence-corrected chi connectivity index (χ3v) is 3.84. The van der Waals surface area contributed by atoms with Gasteiger partial charge in [-0.3, -0.25) is 4.79 Å². The Morgan fingerprint density at radius 3 is 2.47 bits per heavy atom. The maximum Gasteiger partial charge on any atom is 0.238 e. The quantitative estimate of drug-likeness (QED) is 0.787. The highest BCUT2D eigenvalue weighted by Gasteiger charge is 2.11. The van der Waals surface area contributed by atoms with Crippen LogP contribution in [0.2, 0.25) is 0 Å². The van der Waals surface area contributed by atoms with Gasteiger partial charge in [0.15, 0.2) is 9.84 Å². The van der Waals surface area contributed by atoms with Crippen molar-refractivity contribution >= 4 is 21.4 Å². The van der Waals surface area contributed by atoms with Crippen LogP contribution in [0.15, 0.2) is 24.3 Å². The number of nitrogens with one attached hydrogen (secondary N) is 1. The first-order valence-electron chi connectivity index (χ1n) is 5.54. The van der Waals surface area contributed by atoms with Gasteiger partial charge in [0.25, 0.3) is 0 Å². The molecular formula is C12H14N2O4S. The van der Waals surface area contributed by atoms with Gasteiger partial charge in [0.1, 0.15) is 6.42 Å². The number of hydrogen-bond acceptors (Lipinski definition) is 5. The normalized spacial score (nSPS) is 10.7. The standard InChI is InChI=1S/C12H14N2O4S/c13-6-5-12(16)14-11-3-1-10(2-4-11)9-19(17,18)8-7-15/h1-4,15H,5,7-9H2,(H,14,16). The number of aliphatic hydroxyl groups excluding tert-OH is 1. The molecule has 0 saturated carbocycles. The zero-order valence-corrected chi connectivity index (χ0v) is 11.0. The van der Waals surface area contributed by atoms with Crippen molar-refractivity contribution in [3.05, 3.63) is 29.8 Å². The van der Waals surface area contributed by atoms with Crippen LogP contribution in [0, 0.1) is 11.3 Å². The lowest BCUT2D eigenvalue weighted by atomic mass is 10.2. The molecule has 1 rings (SSSR count). The van der Waals surface area contributed by atoms with Crippen LogP contribution in [0.3, 0.4) is 0 Å². The monoisotopic (exact) mass is 282 g/mol. The summed E-state index contributed by atoms with van der Waals surface area (Å²) in [5.41, 5.74) is 1.08. The molecule has 0 aliphatic carbocycles. The highest BCUT2D eigenvalue weighted by molar-refractivity contribution is 7.90. The molecule has 0 heterocycles. The van der Waals surface area contributed by atoms with Crippen molar-refractivity contribution in [3.63, 3.8) is 0 Å². The van der Waals surface area contributed by atoms with Gasteiger partial charge in [-0.05, 0) is 17.7 Å². The molecule has 2 N–H and O–H groups in total. The van der Waals surface area contributed by atoms with Gasteiger partial charge in [-0.15, -0.1) is 0 Å². The summed E-state index contributed by atoms with van der Waals surface area (Å²) in [6, 6.07) is 8.03. The number of hydrogen-bond donors (Lipinski definition) is 2. The molecule has 102 valence electrons. The first kappa shape index (κ1) is 15.1. The lowest BCUT2D eigenvalue weighted by Crippen LogP contribution is -2.12. The molecule has 0 radical (unpaired) electrons. The summed E-state index contributed by atoms with van der Waals surface area (Å²) >= 11 is 0. The summed E-state index contributed by atoms with van der Waals surface area (Å²) in [5.74, 6) is -0.837. The zero-order chi connectivity index (χ0) is 14.3. The second-order valence-corrected chi connectivity index (χ2v) is 6.08. The van der Waals surface area contributed by atoms with Gasteiger partial charge >= 0.3 is 0 Å². The summed E-state index contributed by atoms with van der Waals surface area (Å²) in [6.45, 7) is -0.398. The van der Waals surface area contributed by atoms with Gasteiger partial charge in [0.2, 0.25) is 5.91 Å². The Morgan fingerprint density at radius 1 is 1.32 bits per heavy atom. The maximum absolute atomic E-state index is 11.5. The van der Waals surface area contributed by atoms with E-state index in [0.717, 1.165) is 0 Å². The van der Waals surface area contributed by atoms with Crippen molar-refractivity contribution < 1.29 is 18.3 Å². The fourth-order valence-electron chi connectivity index (χ4n) is 1.43. The Morgan fingerprint density at radius 2 is 1.95 bits per heavy atom. The van der Waals surface area contributed by atoms with Crippen molar-refractivity contribution in [1.29, 1.82) is 5.26 Å².